The molecule has 0 radical (unpaired) electrons. The van der Waals surface area contributed by atoms with Crippen LogP contribution in [0, 0.1) is 0 Å². The van der Waals surface area contributed by atoms with Gasteiger partial charge in [0, 0.05) is 30.5 Å². The van der Waals surface area contributed by atoms with Gasteiger partial charge in [-0.3, -0.25) is 4.79 Å². The van der Waals surface area contributed by atoms with Gasteiger partial charge in [-0.05, 0) is 24.1 Å². The maximum absolute atomic E-state index is 10.7. The predicted octanol–water partition coefficient (Wildman–Crippen LogP) is 3.63. The molecule has 0 aromatic heterocycles. The zero-order chi connectivity index (χ0) is 17.0. The van der Waals surface area contributed by atoms with Crippen molar-refractivity contribution in [1.82, 2.24) is 12.3 Å². The van der Waals surface area contributed by atoms with Gasteiger partial charge in [-0.2, -0.15) is 0 Å². The van der Waals surface area contributed by atoms with E-state index in [9.17, 15) is 4.79 Å². The topological polar surface area (TPSA) is 137 Å². The number of rotatable bonds is 8. The van der Waals surface area contributed by atoms with E-state index in [0.717, 1.165) is 24.3 Å². The predicted molar refractivity (Wildman–Crippen MR) is 101 cm³/mol. The summed E-state index contributed by atoms with van der Waals surface area (Å²) in [4.78, 5) is 12.8. The molecule has 9 N–H and O–H groups in total. The number of aliphatic carboxylic acids is 1. The summed E-state index contributed by atoms with van der Waals surface area (Å²) in [6.07, 6.45) is 0.320. The van der Waals surface area contributed by atoms with Crippen LogP contribution in [-0.4, -0.2) is 42.0 Å². The average molecular weight is 605 g/mol. The standard InChI is InChI=1S/C13H18Cl2N2O2.2ClH.2H3N.Pt/c14-5-7-17(8-6-15)11-3-1-10(2-4-11)9-12(16)13(18)19;;;;;/h1-4,12H,5-9,16H2,(H,18,19);2*1H;2*1H3;/q;;;;;+2/p-2/t12-;;;;;/m0...../s1. The molecule has 1 rings (SSSR count). The third-order valence-corrected chi connectivity index (χ3v) is 3.12. The molecule has 0 saturated heterocycles. The summed E-state index contributed by atoms with van der Waals surface area (Å²) in [5, 5.41) is 8.76. The van der Waals surface area contributed by atoms with Gasteiger partial charge in [-0.15, -0.1) is 23.2 Å². The van der Waals surface area contributed by atoms with Crippen molar-refractivity contribution >= 4 is 53.7 Å². The van der Waals surface area contributed by atoms with Gasteiger partial charge in [0.05, 0.1) is 0 Å². The summed E-state index contributed by atoms with van der Waals surface area (Å²) in [5.41, 5.74) is 7.42. The molecular formula is C13H24Cl4N4O2Pt. The Labute approximate surface area is 169 Å². The first-order valence-corrected chi connectivity index (χ1v) is 13.0. The van der Waals surface area contributed by atoms with Crippen molar-refractivity contribution in [2.45, 2.75) is 12.5 Å². The van der Waals surface area contributed by atoms with Crippen LogP contribution in [0.4, 0.5) is 5.69 Å². The van der Waals surface area contributed by atoms with Crippen molar-refractivity contribution in [3.8, 4) is 0 Å². The Kier molecular flexibility index (Phi) is 21.8. The molecule has 0 unspecified atom stereocenters. The second-order valence-electron chi connectivity index (χ2n) is 4.23. The van der Waals surface area contributed by atoms with Gasteiger partial charge in [-0.1, -0.05) is 12.1 Å². The first kappa shape index (κ1) is 29.0. The Hall–Kier alpha value is 0.218. The molecule has 11 heteroatoms. The molecule has 0 aliphatic carbocycles. The van der Waals surface area contributed by atoms with Gasteiger partial charge in [0.1, 0.15) is 6.04 Å². The van der Waals surface area contributed by atoms with Crippen molar-refractivity contribution in [2.75, 3.05) is 29.7 Å². The van der Waals surface area contributed by atoms with Gasteiger partial charge < -0.3 is 28.0 Å². The van der Waals surface area contributed by atoms with Crippen LogP contribution < -0.4 is 22.9 Å². The summed E-state index contributed by atoms with van der Waals surface area (Å²) >= 11 is 11.0. The summed E-state index contributed by atoms with van der Waals surface area (Å²) in [5.74, 6) is 0.0698. The Morgan fingerprint density at radius 1 is 1.12 bits per heavy atom. The molecule has 0 saturated carbocycles. The molecular weight excluding hydrogens is 581 g/mol. The molecule has 0 aliphatic rings. The van der Waals surface area contributed by atoms with E-state index in [1.807, 2.05) is 24.3 Å². The third-order valence-electron chi connectivity index (χ3n) is 2.78. The number of carboxylic acid groups (broad SMARTS) is 1. The molecule has 1 aromatic carbocycles. The molecule has 1 aromatic rings. The number of nitrogens with two attached hydrogens (primary N) is 1. The Morgan fingerprint density at radius 3 is 1.88 bits per heavy atom. The molecule has 6 nitrogen and oxygen atoms in total. The fourth-order valence-electron chi connectivity index (χ4n) is 1.76. The molecule has 146 valence electrons. The number of anilines is 1. The van der Waals surface area contributed by atoms with Crippen LogP contribution in [0.2, 0.25) is 0 Å². The quantitative estimate of drug-likeness (QED) is 0.335. The zero-order valence-corrected chi connectivity index (χ0v) is 18.3. The van der Waals surface area contributed by atoms with Crippen molar-refractivity contribution < 1.29 is 26.4 Å². The van der Waals surface area contributed by atoms with E-state index in [1.165, 1.54) is 0 Å². The number of hydrogen-bond acceptors (Lipinski definition) is 5. The first-order valence-electron chi connectivity index (χ1n) is 6.26. The van der Waals surface area contributed by atoms with E-state index in [-0.39, 0.29) is 12.3 Å². The minimum absolute atomic E-state index is 0. The van der Waals surface area contributed by atoms with E-state index < -0.39 is 28.5 Å². The van der Waals surface area contributed by atoms with E-state index in [1.54, 1.807) is 0 Å². The number of benzene rings is 1. The van der Waals surface area contributed by atoms with Gasteiger partial charge in [0.25, 0.3) is 0 Å². The van der Waals surface area contributed by atoms with Crippen molar-refractivity contribution in [1.29, 1.82) is 0 Å². The number of alkyl halides is 2. The average Bonchev–Trinajstić information content (AvgIpc) is 2.48. The molecule has 0 aliphatic heterocycles. The van der Waals surface area contributed by atoms with E-state index in [2.05, 4.69) is 4.90 Å². The van der Waals surface area contributed by atoms with Crippen LogP contribution in [0.3, 0.4) is 0 Å². The second-order valence-corrected chi connectivity index (χ2v) is 8.26. The van der Waals surface area contributed by atoms with Crippen LogP contribution in [0.25, 0.3) is 0 Å². The molecule has 24 heavy (non-hydrogen) atoms. The Morgan fingerprint density at radius 2 is 1.54 bits per heavy atom. The van der Waals surface area contributed by atoms with E-state index in [4.69, 9.17) is 52.9 Å². The van der Waals surface area contributed by atoms with Crippen LogP contribution in [-0.2, 0) is 27.7 Å². The number of halogens is 4. The van der Waals surface area contributed by atoms with Gasteiger partial charge in [0.2, 0.25) is 0 Å². The van der Waals surface area contributed by atoms with Gasteiger partial charge >= 0.3 is 41.3 Å². The van der Waals surface area contributed by atoms with Crippen LogP contribution >= 0.6 is 42.0 Å². The SMILES string of the molecule is N.N.N[C@@H](Cc1ccc(N(CCCl)CCCl)cc1)C(=O)O.[Cl][Pt][Cl]. The monoisotopic (exact) mass is 603 g/mol. The molecule has 0 bridgehead atoms. The number of nitrogens with zero attached hydrogens (tertiary/aromatic N) is 1. The Balaban J connectivity index is -0.000000818. The number of carbonyl (C=O) groups is 1. The second kappa shape index (κ2) is 18.0. The van der Waals surface area contributed by atoms with Crippen molar-refractivity contribution in [2.24, 2.45) is 5.73 Å². The van der Waals surface area contributed by atoms with Crippen LogP contribution in [0.15, 0.2) is 24.3 Å². The summed E-state index contributed by atoms with van der Waals surface area (Å²) < 4.78 is 0. The fourth-order valence-corrected chi connectivity index (χ4v) is 2.17. The summed E-state index contributed by atoms with van der Waals surface area (Å²) in [7, 11) is 9.75. The first-order chi connectivity index (χ1) is 10.5. The maximum atomic E-state index is 10.7. The van der Waals surface area contributed by atoms with Crippen molar-refractivity contribution in [3.05, 3.63) is 29.8 Å². The van der Waals surface area contributed by atoms with Crippen molar-refractivity contribution in [3.63, 3.8) is 0 Å². The normalized spacial score (nSPS) is 10.5. The molecule has 0 fully saturated rings. The third kappa shape index (κ3) is 12.6. The van der Waals surface area contributed by atoms with E-state index >= 15 is 0 Å². The number of hydrogen-bond donors (Lipinski definition) is 4. The Bertz CT molecular complexity index is 423. The van der Waals surface area contributed by atoms with Crippen LogP contribution in [0.5, 0.6) is 0 Å². The van der Waals surface area contributed by atoms with E-state index in [0.29, 0.717) is 18.2 Å². The zero-order valence-electron chi connectivity index (χ0n) is 13.0. The molecule has 1 atom stereocenters. The van der Waals surface area contributed by atoms with Gasteiger partial charge in [-0.25, -0.2) is 0 Å². The number of carboxylic acids is 1. The summed E-state index contributed by atoms with van der Waals surface area (Å²) in [6.45, 7) is 1.45. The van der Waals surface area contributed by atoms with Gasteiger partial charge in [0.15, 0.2) is 0 Å². The molecule has 0 amide bonds. The summed E-state index contributed by atoms with van der Waals surface area (Å²) in [6, 6.07) is 6.76. The molecule has 0 heterocycles. The van der Waals surface area contributed by atoms with Crippen LogP contribution in [0.1, 0.15) is 5.56 Å². The fraction of sp³-hybridized carbons (Fsp3) is 0.462. The molecule has 0 spiro atoms. The minimum atomic E-state index is -0.991.